The molecule has 1 amide bonds. The van der Waals surface area contributed by atoms with Gasteiger partial charge in [-0.3, -0.25) is 4.90 Å². The predicted octanol–water partition coefficient (Wildman–Crippen LogP) is 6.34. The number of piperazine rings is 1. The average molecular weight is 667 g/mol. The maximum atomic E-state index is 15.6. The second kappa shape index (κ2) is 10.9. The molecule has 0 bridgehead atoms. The van der Waals surface area contributed by atoms with E-state index in [1.165, 1.54) is 4.90 Å². The normalized spacial score (nSPS) is 29.0. The third kappa shape index (κ3) is 5.85. The second-order valence-electron chi connectivity index (χ2n) is 12.4. The molecule has 0 N–H and O–H groups in total. The van der Waals surface area contributed by atoms with E-state index < -0.39 is 69.4 Å². The van der Waals surface area contributed by atoms with Crippen molar-refractivity contribution in [3.63, 3.8) is 0 Å². The zero-order chi connectivity index (χ0) is 32.6. The van der Waals surface area contributed by atoms with Crippen molar-refractivity contribution in [2.24, 2.45) is 0 Å². The maximum absolute atomic E-state index is 15.6. The van der Waals surface area contributed by atoms with Crippen molar-refractivity contribution in [1.29, 1.82) is 0 Å². The Morgan fingerprint density at radius 1 is 1.19 bits per heavy atom. The number of nitrogens with zero attached hydrogens (tertiary/aromatic N) is 5. The van der Waals surface area contributed by atoms with E-state index in [1.807, 2.05) is 0 Å². The third-order valence-corrected chi connectivity index (χ3v) is 8.71. The van der Waals surface area contributed by atoms with E-state index in [0.717, 1.165) is 6.07 Å². The van der Waals surface area contributed by atoms with Gasteiger partial charge in [-0.15, -0.1) is 0 Å². The first-order valence-corrected chi connectivity index (χ1v) is 14.5. The number of ether oxygens (including phenoxy) is 2. The van der Waals surface area contributed by atoms with Gasteiger partial charge in [-0.25, -0.2) is 13.6 Å². The van der Waals surface area contributed by atoms with E-state index in [9.17, 15) is 22.4 Å². The Hall–Kier alpha value is -2.48. The number of alkyl halides is 4. The Morgan fingerprint density at radius 2 is 1.90 bits per heavy atom. The summed E-state index contributed by atoms with van der Waals surface area (Å²) in [5.74, 6) is -1.27. The van der Waals surface area contributed by atoms with Crippen LogP contribution in [0.2, 0.25) is 0 Å². The molecule has 14 heteroatoms. The van der Waals surface area contributed by atoms with Gasteiger partial charge in [0.15, 0.2) is 5.82 Å². The number of carbonyl (C=O) groups is 1. The Labute approximate surface area is 252 Å². The van der Waals surface area contributed by atoms with E-state index >= 15 is 4.39 Å². The first-order chi connectivity index (χ1) is 20.2. The largest absolute Gasteiger partial charge is 0.461 e. The molecule has 1 aromatic heterocycles. The van der Waals surface area contributed by atoms with Crippen molar-refractivity contribution in [1.82, 2.24) is 19.8 Å². The monoisotopic (exact) mass is 665 g/mol. The lowest BCUT2D eigenvalue weighted by Gasteiger charge is -2.45. The highest BCUT2D eigenvalue weighted by atomic mass is 79.9. The molecule has 3 fully saturated rings. The SMILES string of the molecule is [2H]C1([2H])CN2C[C@H](F)C[C@]2(COc2nc(N3C[C@@H](C)N(C(=O)OC(C)(C)C)C[C@@H]3C)c3cc(C(F)(F)F)c(Br)c(F)c3n2)C1. The quantitative estimate of drug-likeness (QED) is 0.353. The topological polar surface area (TPSA) is 71.0 Å². The van der Waals surface area contributed by atoms with Gasteiger partial charge in [0.1, 0.15) is 29.7 Å². The van der Waals surface area contributed by atoms with Crippen molar-refractivity contribution in [2.75, 3.05) is 37.7 Å². The molecule has 3 aliphatic heterocycles. The first-order valence-electron chi connectivity index (χ1n) is 14.7. The summed E-state index contributed by atoms with van der Waals surface area (Å²) < 4.78 is 99.0. The number of rotatable bonds is 4. The molecule has 3 saturated heterocycles. The van der Waals surface area contributed by atoms with E-state index in [-0.39, 0.29) is 62.8 Å². The molecule has 8 nitrogen and oxygen atoms in total. The molecule has 4 heterocycles. The molecule has 232 valence electrons. The van der Waals surface area contributed by atoms with E-state index in [0.29, 0.717) is 0 Å². The molecule has 42 heavy (non-hydrogen) atoms. The average Bonchev–Trinajstić information content (AvgIpc) is 3.29. The number of hydrogen-bond acceptors (Lipinski definition) is 7. The van der Waals surface area contributed by atoms with Crippen LogP contribution in [0.5, 0.6) is 6.01 Å². The summed E-state index contributed by atoms with van der Waals surface area (Å²) in [6.45, 7) is 8.91. The van der Waals surface area contributed by atoms with Crippen LogP contribution in [0.1, 0.15) is 62.1 Å². The van der Waals surface area contributed by atoms with Crippen LogP contribution in [0.4, 0.5) is 32.6 Å². The molecular formula is C28H35BrF5N5O3. The van der Waals surface area contributed by atoms with Crippen molar-refractivity contribution in [2.45, 2.75) is 89.4 Å². The molecule has 2 aromatic rings. The van der Waals surface area contributed by atoms with Crippen LogP contribution in [0.3, 0.4) is 0 Å². The Balaban J connectivity index is 1.55. The number of amides is 1. The standard InChI is InChI=1S/C28H35BrF5N5O3/c1-15-12-39(25(40)42-26(3,4)5)16(2)11-38(15)23-18-9-19(28(32,33)34)20(29)21(31)22(18)35-24(36-23)41-14-27-7-6-8-37(27)13-17(30)10-27/h9,15-17H,6-8,10-14H2,1-5H3/t15-,16+,17+,27-/m0/s1/i6D2. The zero-order valence-corrected chi connectivity index (χ0v) is 25.6. The molecule has 0 radical (unpaired) electrons. The molecule has 0 unspecified atom stereocenters. The van der Waals surface area contributed by atoms with Gasteiger partial charge in [0.25, 0.3) is 0 Å². The molecule has 1 aromatic carbocycles. The highest BCUT2D eigenvalue weighted by Gasteiger charge is 2.49. The summed E-state index contributed by atoms with van der Waals surface area (Å²) in [7, 11) is 0. The second-order valence-corrected chi connectivity index (χ2v) is 13.2. The molecule has 3 aliphatic rings. The van der Waals surface area contributed by atoms with Gasteiger partial charge in [0.2, 0.25) is 0 Å². The summed E-state index contributed by atoms with van der Waals surface area (Å²) >= 11 is 2.74. The summed E-state index contributed by atoms with van der Waals surface area (Å²) in [4.78, 5) is 26.4. The zero-order valence-electron chi connectivity index (χ0n) is 26.0. The fourth-order valence-electron chi connectivity index (χ4n) is 5.93. The number of aromatic nitrogens is 2. The Bertz CT molecular complexity index is 1460. The van der Waals surface area contributed by atoms with Gasteiger partial charge in [-0.05, 0) is 76.0 Å². The highest BCUT2D eigenvalue weighted by Crippen LogP contribution is 2.43. The lowest BCUT2D eigenvalue weighted by atomic mass is 9.95. The minimum absolute atomic E-state index is 0.0108. The Morgan fingerprint density at radius 3 is 2.57 bits per heavy atom. The lowest BCUT2D eigenvalue weighted by molar-refractivity contribution is -0.138. The minimum atomic E-state index is -4.88. The van der Waals surface area contributed by atoms with E-state index in [1.54, 1.807) is 44.4 Å². The molecular weight excluding hydrogens is 629 g/mol. The number of fused-ring (bicyclic) bond motifs is 2. The van der Waals surface area contributed by atoms with Crippen LogP contribution in [0, 0.1) is 5.82 Å². The third-order valence-electron chi connectivity index (χ3n) is 7.94. The number of hydrogen-bond donors (Lipinski definition) is 0. The van der Waals surface area contributed by atoms with Crippen molar-refractivity contribution >= 4 is 38.7 Å². The summed E-state index contributed by atoms with van der Waals surface area (Å²) in [5.41, 5.74) is -3.36. The van der Waals surface area contributed by atoms with Crippen LogP contribution in [-0.4, -0.2) is 88.0 Å². The molecule has 0 aliphatic carbocycles. The highest BCUT2D eigenvalue weighted by molar-refractivity contribution is 9.10. The van der Waals surface area contributed by atoms with Gasteiger partial charge in [-0.1, -0.05) is 0 Å². The van der Waals surface area contributed by atoms with E-state index in [4.69, 9.17) is 12.2 Å². The van der Waals surface area contributed by atoms with Crippen LogP contribution in [0.15, 0.2) is 10.5 Å². The van der Waals surface area contributed by atoms with Gasteiger partial charge < -0.3 is 19.3 Å². The maximum Gasteiger partial charge on any atom is 0.417 e. The van der Waals surface area contributed by atoms with Crippen LogP contribution in [0.25, 0.3) is 10.9 Å². The van der Waals surface area contributed by atoms with Crippen molar-refractivity contribution in [3.8, 4) is 6.01 Å². The first kappa shape index (κ1) is 28.3. The van der Waals surface area contributed by atoms with Crippen LogP contribution >= 0.6 is 15.9 Å². The number of halogens is 6. The summed E-state index contributed by atoms with van der Waals surface area (Å²) in [6.07, 6.45) is -8.13. The molecule has 4 atom stereocenters. The summed E-state index contributed by atoms with van der Waals surface area (Å²) in [5, 5.41) is -0.197. The van der Waals surface area contributed by atoms with Gasteiger partial charge in [0.05, 0.1) is 15.6 Å². The molecule has 5 rings (SSSR count). The lowest BCUT2D eigenvalue weighted by Crippen LogP contribution is -2.59. The summed E-state index contributed by atoms with van der Waals surface area (Å²) in [6, 6.07) is -0.484. The fourth-order valence-corrected chi connectivity index (χ4v) is 6.46. The van der Waals surface area contributed by atoms with Crippen LogP contribution in [-0.2, 0) is 10.9 Å². The molecule has 0 saturated carbocycles. The van der Waals surface area contributed by atoms with Crippen molar-refractivity contribution < 1.29 is 39.0 Å². The number of carbonyl (C=O) groups excluding carboxylic acids is 1. The number of anilines is 1. The van der Waals surface area contributed by atoms with Gasteiger partial charge >= 0.3 is 18.3 Å². The smallest absolute Gasteiger partial charge is 0.417 e. The van der Waals surface area contributed by atoms with Crippen molar-refractivity contribution in [3.05, 3.63) is 21.9 Å². The predicted molar refractivity (Wildman–Crippen MR) is 150 cm³/mol. The number of benzene rings is 1. The minimum Gasteiger partial charge on any atom is -0.461 e. The fraction of sp³-hybridized carbons (Fsp3) is 0.679. The van der Waals surface area contributed by atoms with E-state index in [2.05, 4.69) is 25.9 Å². The Kier molecular flexibility index (Phi) is 7.35. The van der Waals surface area contributed by atoms with Gasteiger partial charge in [-0.2, -0.15) is 23.1 Å². The van der Waals surface area contributed by atoms with Crippen LogP contribution < -0.4 is 9.64 Å². The molecule has 0 spiro atoms. The van der Waals surface area contributed by atoms with Gasteiger partial charge in [0, 0.05) is 46.3 Å².